The van der Waals surface area contributed by atoms with Crippen LogP contribution < -0.4 is 11.1 Å². The molecule has 0 heterocycles. The minimum absolute atomic E-state index is 0.00533. The van der Waals surface area contributed by atoms with Gasteiger partial charge >= 0.3 is 0 Å². The van der Waals surface area contributed by atoms with Crippen molar-refractivity contribution in [1.29, 1.82) is 0 Å². The fourth-order valence-corrected chi connectivity index (χ4v) is 12.7. The Kier molecular flexibility index (Phi) is 6.36. The molecule has 6 saturated carbocycles. The molecule has 0 amide bonds. The first kappa shape index (κ1) is 25.8. The average Bonchev–Trinajstić information content (AvgIpc) is 3.35. The van der Waals surface area contributed by atoms with Gasteiger partial charge in [0.15, 0.2) is 0 Å². The van der Waals surface area contributed by atoms with Gasteiger partial charge in [0.05, 0.1) is 6.04 Å². The van der Waals surface area contributed by atoms with Gasteiger partial charge in [-0.2, -0.15) is 0 Å². The van der Waals surface area contributed by atoms with Gasteiger partial charge in [-0.25, -0.2) is 0 Å². The fourth-order valence-electron chi connectivity index (χ4n) is 12.7. The molecular weight excluding hydrogens is 488 g/mol. The van der Waals surface area contributed by atoms with Gasteiger partial charge in [0.1, 0.15) is 6.29 Å². The Morgan fingerprint density at radius 2 is 1.82 bits per heavy atom. The van der Waals surface area contributed by atoms with Gasteiger partial charge in [-0.3, -0.25) is 0 Å². The molecule has 0 aromatic heterocycles. The molecule has 7 aliphatic rings. The monoisotopic (exact) mass is 538 g/mol. The van der Waals surface area contributed by atoms with E-state index in [9.17, 15) is 4.79 Å². The summed E-state index contributed by atoms with van der Waals surface area (Å²) in [5, 5.41) is 3.70. The summed E-state index contributed by atoms with van der Waals surface area (Å²) in [6.07, 6.45) is 21.2. The lowest BCUT2D eigenvalue weighted by molar-refractivity contribution is -0.111. The van der Waals surface area contributed by atoms with Crippen molar-refractivity contribution in [2.75, 3.05) is 11.9 Å². The lowest BCUT2D eigenvalue weighted by Gasteiger charge is -2.41. The molecule has 40 heavy (non-hydrogen) atoms. The van der Waals surface area contributed by atoms with Crippen molar-refractivity contribution >= 4 is 12.0 Å². The molecule has 14 atom stereocenters. The number of para-hydroxylation sites is 1. The van der Waals surface area contributed by atoms with Crippen LogP contribution in [0.4, 0.5) is 5.69 Å². The summed E-state index contributed by atoms with van der Waals surface area (Å²) >= 11 is 0. The highest BCUT2D eigenvalue weighted by Gasteiger charge is 2.75. The summed E-state index contributed by atoms with van der Waals surface area (Å²) in [6.45, 7) is 5.78. The summed E-state index contributed by atoms with van der Waals surface area (Å²) in [7, 11) is 0. The van der Waals surface area contributed by atoms with Crippen molar-refractivity contribution in [1.82, 2.24) is 0 Å². The standard InChI is InChI=1S/C37H50N2O/c1-22-10-15-33-36(35-30-14-12-24-6-5-9-29(24)32(30)19-31(22)35)37(33,34(38)21-40)27-13-11-25-16-23(17-26(25)18-27)20-39-28-7-3-2-4-8-28/h2-4,7-8,11,13,21,23-27,29-36,39H,1,5-6,9-10,12,14-20,38H2/t23-,24-,25+,26-,27+,29-,30-,31+,32-,33-,34-,35-,36+,37+/m0/s1. The molecule has 1 aromatic carbocycles. The molecule has 3 N–H and O–H groups in total. The molecule has 6 fully saturated rings. The van der Waals surface area contributed by atoms with E-state index < -0.39 is 0 Å². The maximum Gasteiger partial charge on any atom is 0.137 e. The first-order valence-electron chi connectivity index (χ1n) is 16.9. The second-order valence-electron chi connectivity index (χ2n) is 15.4. The van der Waals surface area contributed by atoms with E-state index in [1.54, 1.807) is 5.57 Å². The molecule has 3 heteroatoms. The fraction of sp³-hybridized carbons (Fsp3) is 0.703. The SMILES string of the molecule is C=C1CC[C@H]2[C@H]([C@H]3[C@H]4CC[C@@H]5CCC[C@@H]5[C@@H]4C[C@H]13)[C@@]2([C@@H]1C=C[C@@H]2C[C@H](CNc3ccccc3)C[C@H]2C1)[C@@H](N)C=O. The molecule has 0 aliphatic heterocycles. The summed E-state index contributed by atoms with van der Waals surface area (Å²) < 4.78 is 0. The zero-order chi connectivity index (χ0) is 27.0. The Bertz CT molecular complexity index is 1160. The molecule has 0 spiro atoms. The second kappa shape index (κ2) is 9.85. The van der Waals surface area contributed by atoms with E-state index in [2.05, 4.69) is 47.8 Å². The Labute approximate surface area is 241 Å². The highest BCUT2D eigenvalue weighted by atomic mass is 16.1. The van der Waals surface area contributed by atoms with Crippen LogP contribution in [0.5, 0.6) is 0 Å². The summed E-state index contributed by atoms with van der Waals surface area (Å²) in [6, 6.07) is 10.3. The molecular formula is C37H50N2O. The molecule has 0 saturated heterocycles. The minimum Gasteiger partial charge on any atom is -0.385 e. The largest absolute Gasteiger partial charge is 0.385 e. The van der Waals surface area contributed by atoms with E-state index in [4.69, 9.17) is 12.3 Å². The van der Waals surface area contributed by atoms with Crippen molar-refractivity contribution in [2.45, 2.75) is 76.7 Å². The minimum atomic E-state index is -0.320. The van der Waals surface area contributed by atoms with Crippen molar-refractivity contribution in [2.24, 2.45) is 82.2 Å². The Morgan fingerprint density at radius 3 is 2.67 bits per heavy atom. The van der Waals surface area contributed by atoms with Crippen molar-refractivity contribution in [3.05, 3.63) is 54.6 Å². The van der Waals surface area contributed by atoms with E-state index >= 15 is 0 Å². The first-order valence-corrected chi connectivity index (χ1v) is 16.9. The van der Waals surface area contributed by atoms with Gasteiger partial charge in [-0.1, -0.05) is 55.3 Å². The van der Waals surface area contributed by atoms with Gasteiger partial charge in [-0.15, -0.1) is 0 Å². The number of aldehydes is 1. The summed E-state index contributed by atoms with van der Waals surface area (Å²) in [4.78, 5) is 12.6. The number of benzene rings is 1. The van der Waals surface area contributed by atoms with Gasteiger partial charge in [0.25, 0.3) is 0 Å². The number of hydrogen-bond acceptors (Lipinski definition) is 3. The van der Waals surface area contributed by atoms with Crippen LogP contribution in [0.1, 0.15) is 70.6 Å². The second-order valence-corrected chi connectivity index (χ2v) is 15.4. The highest BCUT2D eigenvalue weighted by molar-refractivity contribution is 5.61. The normalized spacial score (nSPS) is 49.2. The van der Waals surface area contributed by atoms with E-state index in [1.807, 2.05) is 0 Å². The van der Waals surface area contributed by atoms with Gasteiger partial charge in [-0.05, 0) is 141 Å². The number of hydrogen-bond donors (Lipinski definition) is 2. The number of allylic oxidation sites excluding steroid dienone is 3. The number of nitrogens with two attached hydrogens (primary N) is 1. The Hall–Kier alpha value is -1.87. The van der Waals surface area contributed by atoms with Crippen LogP contribution in [0.2, 0.25) is 0 Å². The third-order valence-corrected chi connectivity index (χ3v) is 14.2. The van der Waals surface area contributed by atoms with Gasteiger partial charge in [0, 0.05) is 17.6 Å². The molecule has 7 aliphatic carbocycles. The van der Waals surface area contributed by atoms with Crippen molar-refractivity contribution in [3.63, 3.8) is 0 Å². The molecule has 8 rings (SSSR count). The van der Waals surface area contributed by atoms with Crippen LogP contribution >= 0.6 is 0 Å². The van der Waals surface area contributed by atoms with Crippen LogP contribution in [0.25, 0.3) is 0 Å². The first-order chi connectivity index (χ1) is 19.6. The van der Waals surface area contributed by atoms with Crippen molar-refractivity contribution < 1.29 is 4.79 Å². The molecule has 3 nitrogen and oxygen atoms in total. The number of fused-ring (bicyclic) bond motifs is 8. The lowest BCUT2D eigenvalue weighted by Crippen LogP contribution is -2.44. The Balaban J connectivity index is 1.04. The molecule has 1 aromatic rings. The Morgan fingerprint density at radius 1 is 0.950 bits per heavy atom. The maximum atomic E-state index is 12.6. The average molecular weight is 539 g/mol. The zero-order valence-corrected chi connectivity index (χ0v) is 24.3. The predicted molar refractivity (Wildman–Crippen MR) is 162 cm³/mol. The van der Waals surface area contributed by atoms with Crippen LogP contribution in [0, 0.1) is 76.4 Å². The zero-order valence-electron chi connectivity index (χ0n) is 24.3. The van der Waals surface area contributed by atoms with E-state index in [-0.39, 0.29) is 11.5 Å². The lowest BCUT2D eigenvalue weighted by atomic mass is 9.64. The molecule has 214 valence electrons. The number of anilines is 1. The van der Waals surface area contributed by atoms with E-state index in [0.717, 1.165) is 54.3 Å². The number of carbonyl (C=O) groups is 1. The maximum absolute atomic E-state index is 12.6. The topological polar surface area (TPSA) is 55.1 Å². The van der Waals surface area contributed by atoms with E-state index in [0.29, 0.717) is 29.6 Å². The predicted octanol–water partition coefficient (Wildman–Crippen LogP) is 7.50. The van der Waals surface area contributed by atoms with Crippen LogP contribution in [0.3, 0.4) is 0 Å². The van der Waals surface area contributed by atoms with Crippen LogP contribution in [-0.4, -0.2) is 18.9 Å². The highest BCUT2D eigenvalue weighted by Crippen LogP contribution is 2.78. The summed E-state index contributed by atoms with van der Waals surface area (Å²) in [5.74, 6) is 9.05. The van der Waals surface area contributed by atoms with Gasteiger partial charge < -0.3 is 15.8 Å². The van der Waals surface area contributed by atoms with Gasteiger partial charge in [0.2, 0.25) is 0 Å². The number of rotatable bonds is 6. The smallest absolute Gasteiger partial charge is 0.137 e. The third kappa shape index (κ3) is 3.81. The molecule has 0 radical (unpaired) electrons. The van der Waals surface area contributed by atoms with Crippen LogP contribution in [0.15, 0.2) is 54.6 Å². The molecule has 0 bridgehead atoms. The quantitative estimate of drug-likeness (QED) is 0.291. The summed E-state index contributed by atoms with van der Waals surface area (Å²) in [5.41, 5.74) is 9.75. The number of nitrogens with one attached hydrogen (secondary N) is 1. The van der Waals surface area contributed by atoms with Crippen LogP contribution in [-0.2, 0) is 4.79 Å². The molecule has 0 unspecified atom stereocenters. The third-order valence-electron chi connectivity index (χ3n) is 14.2. The number of carbonyl (C=O) groups excluding carboxylic acids is 1. The van der Waals surface area contributed by atoms with Crippen molar-refractivity contribution in [3.8, 4) is 0 Å². The van der Waals surface area contributed by atoms with E-state index in [1.165, 1.54) is 76.3 Å².